The molecule has 0 saturated heterocycles. The molecule has 0 spiro atoms. The van der Waals surface area contributed by atoms with Crippen LogP contribution in [0.4, 0.5) is 4.79 Å². The van der Waals surface area contributed by atoms with Crippen molar-refractivity contribution < 1.29 is 24.2 Å². The molecule has 2 aromatic rings. The van der Waals surface area contributed by atoms with E-state index >= 15 is 0 Å². The highest BCUT2D eigenvalue weighted by Crippen LogP contribution is 2.24. The first-order valence-corrected chi connectivity index (χ1v) is 9.50. The standard InChI is InChI=1S/C23H22N2O5/c1-2-8-19(22(27)28)24-21(26)20-13-17-11-6-7-12-18(17)14-25(20)23(29)30-15-16-9-4-3-5-10-16/h1,3-7,9-12,19-20H,8,13-15H2,(H,24,26)(H,27,28)/t19-,20+/m1/s1. The van der Waals surface area contributed by atoms with Gasteiger partial charge in [0.25, 0.3) is 0 Å². The molecule has 0 fully saturated rings. The number of rotatable bonds is 6. The Bertz CT molecular complexity index is 967. The minimum absolute atomic E-state index is 0.0704. The molecule has 7 nitrogen and oxygen atoms in total. The summed E-state index contributed by atoms with van der Waals surface area (Å²) in [6, 6.07) is 14.6. The van der Waals surface area contributed by atoms with Crippen LogP contribution >= 0.6 is 0 Å². The van der Waals surface area contributed by atoms with Crippen LogP contribution in [0.15, 0.2) is 54.6 Å². The molecule has 1 aliphatic heterocycles. The van der Waals surface area contributed by atoms with Crippen LogP contribution in [0.1, 0.15) is 23.1 Å². The van der Waals surface area contributed by atoms with E-state index in [1.54, 1.807) is 0 Å². The number of carboxylic acids is 1. The minimum atomic E-state index is -1.23. The number of nitrogens with one attached hydrogen (secondary N) is 1. The van der Waals surface area contributed by atoms with E-state index in [4.69, 9.17) is 11.2 Å². The Morgan fingerprint density at radius 2 is 1.80 bits per heavy atom. The third-order valence-electron chi connectivity index (χ3n) is 4.93. The molecule has 30 heavy (non-hydrogen) atoms. The van der Waals surface area contributed by atoms with Crippen molar-refractivity contribution in [2.75, 3.05) is 0 Å². The van der Waals surface area contributed by atoms with Gasteiger partial charge in [0.15, 0.2) is 0 Å². The van der Waals surface area contributed by atoms with Crippen molar-refractivity contribution >= 4 is 18.0 Å². The second-order valence-electron chi connectivity index (χ2n) is 6.96. The maximum absolute atomic E-state index is 12.9. The zero-order valence-electron chi connectivity index (χ0n) is 16.3. The Labute approximate surface area is 174 Å². The fraction of sp³-hybridized carbons (Fsp3) is 0.261. The summed E-state index contributed by atoms with van der Waals surface area (Å²) >= 11 is 0. The smallest absolute Gasteiger partial charge is 0.411 e. The van der Waals surface area contributed by atoms with Gasteiger partial charge in [0.05, 0.1) is 6.54 Å². The summed E-state index contributed by atoms with van der Waals surface area (Å²) in [5, 5.41) is 11.7. The van der Waals surface area contributed by atoms with Gasteiger partial charge in [-0.25, -0.2) is 9.59 Å². The van der Waals surface area contributed by atoms with Crippen LogP contribution in [0, 0.1) is 12.3 Å². The molecule has 0 unspecified atom stereocenters. The summed E-state index contributed by atoms with van der Waals surface area (Å²) in [7, 11) is 0. The number of amides is 2. The van der Waals surface area contributed by atoms with Crippen LogP contribution < -0.4 is 5.32 Å². The summed E-state index contributed by atoms with van der Waals surface area (Å²) in [5.41, 5.74) is 2.66. The lowest BCUT2D eigenvalue weighted by Gasteiger charge is -2.35. The van der Waals surface area contributed by atoms with Gasteiger partial charge < -0.3 is 15.2 Å². The molecule has 0 aliphatic carbocycles. The highest BCUT2D eigenvalue weighted by Gasteiger charge is 2.37. The largest absolute Gasteiger partial charge is 0.480 e. The Hall–Kier alpha value is -3.79. The van der Waals surface area contributed by atoms with Gasteiger partial charge in [-0.3, -0.25) is 9.69 Å². The zero-order chi connectivity index (χ0) is 21.5. The molecule has 1 heterocycles. The molecule has 7 heteroatoms. The molecule has 2 atom stereocenters. The second kappa shape index (κ2) is 9.61. The Morgan fingerprint density at radius 1 is 1.13 bits per heavy atom. The predicted molar refractivity (Wildman–Crippen MR) is 109 cm³/mol. The van der Waals surface area contributed by atoms with E-state index in [0.29, 0.717) is 0 Å². The average Bonchev–Trinajstić information content (AvgIpc) is 2.76. The summed E-state index contributed by atoms with van der Waals surface area (Å²) in [4.78, 5) is 38.4. The van der Waals surface area contributed by atoms with E-state index in [0.717, 1.165) is 16.7 Å². The molecule has 0 radical (unpaired) electrons. The quantitative estimate of drug-likeness (QED) is 0.718. The van der Waals surface area contributed by atoms with E-state index in [9.17, 15) is 19.5 Å². The van der Waals surface area contributed by atoms with E-state index in [1.165, 1.54) is 4.90 Å². The SMILES string of the molecule is C#CC[C@@H](NC(=O)[C@@H]1Cc2ccccc2CN1C(=O)OCc1ccccc1)C(=O)O. The molecule has 2 N–H and O–H groups in total. The second-order valence-corrected chi connectivity index (χ2v) is 6.96. The van der Waals surface area contributed by atoms with Crippen LogP contribution in [-0.4, -0.2) is 40.1 Å². The van der Waals surface area contributed by atoms with Crippen LogP contribution in [0.2, 0.25) is 0 Å². The number of ether oxygens (including phenoxy) is 1. The van der Waals surface area contributed by atoms with E-state index in [1.807, 2.05) is 54.6 Å². The fourth-order valence-corrected chi connectivity index (χ4v) is 3.34. The van der Waals surface area contributed by atoms with Crippen molar-refractivity contribution in [3.63, 3.8) is 0 Å². The van der Waals surface area contributed by atoms with Gasteiger partial charge >= 0.3 is 12.1 Å². The topological polar surface area (TPSA) is 95.9 Å². The summed E-state index contributed by atoms with van der Waals surface area (Å²) < 4.78 is 5.42. The molecular weight excluding hydrogens is 384 g/mol. The first kappa shape index (κ1) is 20.9. The highest BCUT2D eigenvalue weighted by molar-refractivity contribution is 5.90. The lowest BCUT2D eigenvalue weighted by atomic mass is 9.93. The maximum Gasteiger partial charge on any atom is 0.411 e. The first-order valence-electron chi connectivity index (χ1n) is 9.50. The number of carboxylic acid groups (broad SMARTS) is 1. The number of hydrogen-bond donors (Lipinski definition) is 2. The molecule has 2 aromatic carbocycles. The molecular formula is C23H22N2O5. The number of carbonyl (C=O) groups excluding carboxylic acids is 2. The average molecular weight is 406 g/mol. The number of aliphatic carboxylic acids is 1. The van der Waals surface area contributed by atoms with Crippen LogP contribution in [0.3, 0.4) is 0 Å². The number of terminal acetylenes is 1. The van der Waals surface area contributed by atoms with Gasteiger partial charge in [-0.1, -0.05) is 54.6 Å². The van der Waals surface area contributed by atoms with E-state index in [2.05, 4.69) is 11.2 Å². The van der Waals surface area contributed by atoms with Gasteiger partial charge in [0, 0.05) is 12.8 Å². The lowest BCUT2D eigenvalue weighted by molar-refractivity contribution is -0.142. The molecule has 0 bridgehead atoms. The van der Waals surface area contributed by atoms with E-state index < -0.39 is 30.1 Å². The summed E-state index contributed by atoms with van der Waals surface area (Å²) in [6.45, 7) is 0.260. The van der Waals surface area contributed by atoms with Gasteiger partial charge in [0.1, 0.15) is 18.7 Å². The predicted octanol–water partition coefficient (Wildman–Crippen LogP) is 2.34. The molecule has 2 amide bonds. The minimum Gasteiger partial charge on any atom is -0.480 e. The fourth-order valence-electron chi connectivity index (χ4n) is 3.34. The van der Waals surface area contributed by atoms with Gasteiger partial charge in [-0.15, -0.1) is 12.3 Å². The van der Waals surface area contributed by atoms with Crippen molar-refractivity contribution in [2.24, 2.45) is 0 Å². The van der Waals surface area contributed by atoms with Gasteiger partial charge in [-0.05, 0) is 16.7 Å². The van der Waals surface area contributed by atoms with Crippen molar-refractivity contribution in [3.05, 3.63) is 71.3 Å². The van der Waals surface area contributed by atoms with Crippen LogP contribution in [-0.2, 0) is 33.9 Å². The summed E-state index contributed by atoms with van der Waals surface area (Å²) in [6.07, 6.45) is 4.67. The third-order valence-corrected chi connectivity index (χ3v) is 4.93. The maximum atomic E-state index is 12.9. The molecule has 3 rings (SSSR count). The monoisotopic (exact) mass is 406 g/mol. The lowest BCUT2D eigenvalue weighted by Crippen LogP contribution is -2.55. The van der Waals surface area contributed by atoms with Crippen molar-refractivity contribution in [3.8, 4) is 12.3 Å². The molecule has 154 valence electrons. The number of carbonyl (C=O) groups is 3. The number of nitrogens with zero attached hydrogens (tertiary/aromatic N) is 1. The van der Waals surface area contributed by atoms with Gasteiger partial charge in [0.2, 0.25) is 5.91 Å². The third kappa shape index (κ3) is 4.97. The number of fused-ring (bicyclic) bond motifs is 1. The van der Waals surface area contributed by atoms with E-state index in [-0.39, 0.29) is 26.0 Å². The first-order chi connectivity index (χ1) is 14.5. The van der Waals surface area contributed by atoms with Crippen molar-refractivity contribution in [2.45, 2.75) is 38.1 Å². The van der Waals surface area contributed by atoms with Gasteiger partial charge in [-0.2, -0.15) is 0 Å². The highest BCUT2D eigenvalue weighted by atomic mass is 16.6. The normalized spacial score (nSPS) is 16.0. The number of hydrogen-bond acceptors (Lipinski definition) is 4. The van der Waals surface area contributed by atoms with Crippen LogP contribution in [0.5, 0.6) is 0 Å². The molecule has 1 aliphatic rings. The number of benzene rings is 2. The van der Waals surface area contributed by atoms with Crippen molar-refractivity contribution in [1.29, 1.82) is 0 Å². The van der Waals surface area contributed by atoms with Crippen LogP contribution in [0.25, 0.3) is 0 Å². The van der Waals surface area contributed by atoms with Crippen molar-refractivity contribution in [1.82, 2.24) is 10.2 Å². The summed E-state index contributed by atoms with van der Waals surface area (Å²) in [5.74, 6) is 0.439. The molecule has 0 saturated carbocycles. The Balaban J connectivity index is 1.78. The Morgan fingerprint density at radius 3 is 2.47 bits per heavy atom. The Kier molecular flexibility index (Phi) is 6.71. The molecule has 0 aromatic heterocycles. The zero-order valence-corrected chi connectivity index (χ0v) is 16.3.